The van der Waals surface area contributed by atoms with Crippen LogP contribution < -0.4 is 10.2 Å². The molecule has 0 fully saturated rings. The van der Waals surface area contributed by atoms with Crippen molar-refractivity contribution in [3.05, 3.63) is 83.6 Å². The molecular formula is C23H20F2N8. The van der Waals surface area contributed by atoms with Gasteiger partial charge in [0.1, 0.15) is 17.8 Å². The fraction of sp³-hybridized carbons (Fsp3) is 0.217. The number of aryl methyl sites for hydroxylation is 1. The predicted octanol–water partition coefficient (Wildman–Crippen LogP) is 3.49. The van der Waals surface area contributed by atoms with Crippen LogP contribution in [0.15, 0.2) is 49.3 Å². The third-order valence-electron chi connectivity index (χ3n) is 5.42. The van der Waals surface area contributed by atoms with Gasteiger partial charge in [0.25, 0.3) is 0 Å². The quantitative estimate of drug-likeness (QED) is 0.498. The maximum absolute atomic E-state index is 15.2. The van der Waals surface area contributed by atoms with Crippen molar-refractivity contribution >= 4 is 11.6 Å². The maximum atomic E-state index is 15.2. The first-order valence-electron chi connectivity index (χ1n) is 10.4. The number of anilines is 2. The van der Waals surface area contributed by atoms with Crippen molar-refractivity contribution in [2.24, 2.45) is 0 Å². The summed E-state index contributed by atoms with van der Waals surface area (Å²) < 4.78 is 29.9. The summed E-state index contributed by atoms with van der Waals surface area (Å²) in [5, 5.41) is 2.93. The molecule has 1 aliphatic heterocycles. The Morgan fingerprint density at radius 3 is 2.64 bits per heavy atom. The minimum absolute atomic E-state index is 0.0409. The number of halogens is 2. The molecule has 5 rings (SSSR count). The number of pyridine rings is 2. The lowest BCUT2D eigenvalue weighted by atomic mass is 10.1. The molecule has 0 radical (unpaired) electrons. The van der Waals surface area contributed by atoms with Gasteiger partial charge in [0.15, 0.2) is 11.6 Å². The SMILES string of the molecule is Cc1cc(-c2ncc(CNc3ncnc(N4CCc5nccnc5C4)c3F)cc2F)ccn1. The molecule has 0 atom stereocenters. The van der Waals surface area contributed by atoms with Gasteiger partial charge in [0, 0.05) is 55.6 Å². The summed E-state index contributed by atoms with van der Waals surface area (Å²) in [6, 6.07) is 4.86. The number of aromatic nitrogens is 6. The Kier molecular flexibility index (Phi) is 5.55. The number of rotatable bonds is 5. The molecule has 0 spiro atoms. The number of nitrogens with one attached hydrogen (secondary N) is 1. The number of hydrogen-bond donors (Lipinski definition) is 1. The first-order chi connectivity index (χ1) is 16.1. The first-order valence-corrected chi connectivity index (χ1v) is 10.4. The highest BCUT2D eigenvalue weighted by Gasteiger charge is 2.23. The molecule has 0 saturated carbocycles. The fourth-order valence-corrected chi connectivity index (χ4v) is 3.79. The highest BCUT2D eigenvalue weighted by molar-refractivity contribution is 5.60. The van der Waals surface area contributed by atoms with Gasteiger partial charge in [-0.1, -0.05) is 0 Å². The van der Waals surface area contributed by atoms with Crippen molar-refractivity contribution in [3.63, 3.8) is 0 Å². The van der Waals surface area contributed by atoms with Crippen LogP contribution in [0.2, 0.25) is 0 Å². The van der Waals surface area contributed by atoms with E-state index < -0.39 is 11.6 Å². The molecule has 0 unspecified atom stereocenters. The molecule has 0 bridgehead atoms. The van der Waals surface area contributed by atoms with Crippen LogP contribution in [0.5, 0.6) is 0 Å². The van der Waals surface area contributed by atoms with Crippen molar-refractivity contribution in [2.75, 3.05) is 16.8 Å². The summed E-state index contributed by atoms with van der Waals surface area (Å²) in [6.45, 7) is 2.98. The van der Waals surface area contributed by atoms with Crippen molar-refractivity contribution in [3.8, 4) is 11.3 Å². The lowest BCUT2D eigenvalue weighted by Crippen LogP contribution is -2.33. The molecule has 0 saturated heterocycles. The van der Waals surface area contributed by atoms with Gasteiger partial charge < -0.3 is 10.2 Å². The van der Waals surface area contributed by atoms with Gasteiger partial charge in [-0.25, -0.2) is 14.4 Å². The molecule has 166 valence electrons. The molecule has 0 aromatic carbocycles. The van der Waals surface area contributed by atoms with Crippen LogP contribution >= 0.6 is 0 Å². The molecule has 0 aliphatic carbocycles. The largest absolute Gasteiger partial charge is 0.363 e. The van der Waals surface area contributed by atoms with E-state index in [2.05, 4.69) is 35.2 Å². The fourth-order valence-electron chi connectivity index (χ4n) is 3.79. The Bertz CT molecular complexity index is 1310. The zero-order chi connectivity index (χ0) is 22.8. The van der Waals surface area contributed by atoms with E-state index in [4.69, 9.17) is 0 Å². The first kappa shape index (κ1) is 20.8. The second-order valence-electron chi connectivity index (χ2n) is 7.69. The van der Waals surface area contributed by atoms with Crippen molar-refractivity contribution in [1.29, 1.82) is 0 Å². The third-order valence-corrected chi connectivity index (χ3v) is 5.42. The van der Waals surface area contributed by atoms with E-state index in [9.17, 15) is 4.39 Å². The van der Waals surface area contributed by atoms with Gasteiger partial charge >= 0.3 is 0 Å². The maximum Gasteiger partial charge on any atom is 0.207 e. The molecule has 8 nitrogen and oxygen atoms in total. The van der Waals surface area contributed by atoms with Crippen LogP contribution in [0.25, 0.3) is 11.3 Å². The van der Waals surface area contributed by atoms with Crippen LogP contribution in [0, 0.1) is 18.6 Å². The standard InChI is InChI=1S/C23H20F2N8/c1-14-8-16(2-4-26-14)21-17(24)9-15(10-29-21)11-30-22-20(25)23(32-13-31-22)33-7-3-18-19(12-33)28-6-5-27-18/h2,4-6,8-10,13H,3,7,11-12H2,1H3,(H,30,31,32). The highest BCUT2D eigenvalue weighted by Crippen LogP contribution is 2.26. The zero-order valence-electron chi connectivity index (χ0n) is 17.8. The summed E-state index contributed by atoms with van der Waals surface area (Å²) >= 11 is 0. The second-order valence-corrected chi connectivity index (χ2v) is 7.69. The highest BCUT2D eigenvalue weighted by atomic mass is 19.1. The molecule has 4 aromatic rings. The van der Waals surface area contributed by atoms with Crippen molar-refractivity contribution in [2.45, 2.75) is 26.4 Å². The van der Waals surface area contributed by atoms with Gasteiger partial charge in [-0.15, -0.1) is 0 Å². The normalized spacial score (nSPS) is 13.0. The molecule has 10 heteroatoms. The van der Waals surface area contributed by atoms with Gasteiger partial charge in [0.05, 0.1) is 17.9 Å². The van der Waals surface area contributed by atoms with Crippen LogP contribution in [-0.2, 0) is 19.5 Å². The average molecular weight is 446 g/mol. The van der Waals surface area contributed by atoms with Crippen LogP contribution in [0.3, 0.4) is 0 Å². The van der Waals surface area contributed by atoms with Gasteiger partial charge in [-0.2, -0.15) is 4.39 Å². The average Bonchev–Trinajstić information content (AvgIpc) is 2.83. The zero-order valence-corrected chi connectivity index (χ0v) is 17.8. The molecule has 33 heavy (non-hydrogen) atoms. The Balaban J connectivity index is 1.31. The number of fused-ring (bicyclic) bond motifs is 1. The van der Waals surface area contributed by atoms with Crippen molar-refractivity contribution < 1.29 is 8.78 Å². The Hall–Kier alpha value is -4.08. The second kappa shape index (κ2) is 8.81. The molecule has 1 N–H and O–H groups in total. The lowest BCUT2D eigenvalue weighted by Gasteiger charge is -2.28. The van der Waals surface area contributed by atoms with E-state index >= 15 is 4.39 Å². The summed E-state index contributed by atoms with van der Waals surface area (Å²) in [5.41, 5.74) is 3.96. The van der Waals surface area contributed by atoms with Crippen LogP contribution in [-0.4, -0.2) is 36.4 Å². The summed E-state index contributed by atoms with van der Waals surface area (Å²) in [6.07, 6.45) is 8.42. The molecule has 4 aromatic heterocycles. The summed E-state index contributed by atoms with van der Waals surface area (Å²) in [7, 11) is 0. The van der Waals surface area contributed by atoms with E-state index in [0.717, 1.165) is 17.1 Å². The number of hydrogen-bond acceptors (Lipinski definition) is 8. The smallest absolute Gasteiger partial charge is 0.207 e. The summed E-state index contributed by atoms with van der Waals surface area (Å²) in [4.78, 5) is 27.0. The van der Waals surface area contributed by atoms with E-state index in [1.807, 2.05) is 11.8 Å². The van der Waals surface area contributed by atoms with E-state index in [0.29, 0.717) is 30.6 Å². The lowest BCUT2D eigenvalue weighted by molar-refractivity contribution is 0.591. The number of nitrogens with zero attached hydrogens (tertiary/aromatic N) is 7. The Morgan fingerprint density at radius 2 is 1.82 bits per heavy atom. The molecule has 1 aliphatic rings. The van der Waals surface area contributed by atoms with E-state index in [-0.39, 0.29) is 23.9 Å². The Labute approximate surface area is 188 Å². The van der Waals surface area contributed by atoms with Gasteiger partial charge in [-0.05, 0) is 30.7 Å². The molecular weight excluding hydrogens is 426 g/mol. The minimum atomic E-state index is -0.567. The van der Waals surface area contributed by atoms with Gasteiger partial charge in [-0.3, -0.25) is 19.9 Å². The van der Waals surface area contributed by atoms with Crippen LogP contribution in [0.4, 0.5) is 20.4 Å². The molecule has 5 heterocycles. The summed E-state index contributed by atoms with van der Waals surface area (Å²) in [5.74, 6) is -0.797. The monoisotopic (exact) mass is 446 g/mol. The molecule has 0 amide bonds. The van der Waals surface area contributed by atoms with E-state index in [1.165, 1.54) is 12.4 Å². The Morgan fingerprint density at radius 1 is 0.970 bits per heavy atom. The predicted molar refractivity (Wildman–Crippen MR) is 118 cm³/mol. The van der Waals surface area contributed by atoms with Crippen LogP contribution in [0.1, 0.15) is 22.6 Å². The third kappa shape index (κ3) is 4.32. The van der Waals surface area contributed by atoms with E-state index in [1.54, 1.807) is 36.9 Å². The van der Waals surface area contributed by atoms with Crippen molar-refractivity contribution in [1.82, 2.24) is 29.9 Å². The van der Waals surface area contributed by atoms with Gasteiger partial charge in [0.2, 0.25) is 5.82 Å². The minimum Gasteiger partial charge on any atom is -0.363 e. The topological polar surface area (TPSA) is 92.6 Å².